The van der Waals surface area contributed by atoms with Crippen LogP contribution in [0.5, 0.6) is 0 Å². The highest BCUT2D eigenvalue weighted by atomic mass is 35.5. The molecule has 0 bridgehead atoms. The minimum atomic E-state index is -0.999. The fourth-order valence-electron chi connectivity index (χ4n) is 4.18. The second-order valence-corrected chi connectivity index (χ2v) is 7.36. The van der Waals surface area contributed by atoms with Crippen LogP contribution in [0.15, 0.2) is 47.3 Å². The zero-order chi connectivity index (χ0) is 19.5. The Hall–Kier alpha value is -3.13. The van der Waals surface area contributed by atoms with Crippen LogP contribution < -0.4 is 0 Å². The van der Waals surface area contributed by atoms with Crippen molar-refractivity contribution in [2.75, 3.05) is 13.1 Å². The summed E-state index contributed by atoms with van der Waals surface area (Å²) in [5.41, 5.74) is 1.21. The number of rotatable bonds is 2. The van der Waals surface area contributed by atoms with Crippen molar-refractivity contribution in [3.8, 4) is 0 Å². The van der Waals surface area contributed by atoms with Crippen molar-refractivity contribution >= 4 is 23.4 Å². The van der Waals surface area contributed by atoms with E-state index in [0.29, 0.717) is 41.6 Å². The summed E-state index contributed by atoms with van der Waals surface area (Å²) in [6, 6.07) is 8.92. The third-order valence-corrected chi connectivity index (χ3v) is 5.78. The van der Waals surface area contributed by atoms with Crippen LogP contribution in [-0.2, 0) is 12.2 Å². The molecule has 0 saturated carbocycles. The summed E-state index contributed by atoms with van der Waals surface area (Å²) < 4.78 is 6.62. The predicted octanol–water partition coefficient (Wildman–Crippen LogP) is 2.30. The average Bonchev–Trinajstić information content (AvgIpc) is 3.40. The summed E-state index contributed by atoms with van der Waals surface area (Å²) in [5.74, 6) is -0.393. The molecule has 1 aromatic carbocycles. The summed E-state index contributed by atoms with van der Waals surface area (Å²) in [6.07, 6.45) is 2.95. The smallest absolute Gasteiger partial charge is 0.274 e. The maximum absolute atomic E-state index is 13.4. The maximum Gasteiger partial charge on any atom is 0.274 e. The number of halogens is 1. The molecule has 3 aromatic rings. The number of aromatic nitrogens is 3. The van der Waals surface area contributed by atoms with E-state index in [9.17, 15) is 9.59 Å². The van der Waals surface area contributed by atoms with E-state index in [-0.39, 0.29) is 11.8 Å². The number of hydrogen-bond donors (Lipinski definition) is 0. The molecule has 142 valence electrons. The average molecular weight is 398 g/mol. The minimum Gasteiger partial charge on any atom is -0.364 e. The van der Waals surface area contributed by atoms with Gasteiger partial charge in [0.15, 0.2) is 5.66 Å². The van der Waals surface area contributed by atoms with Crippen LogP contribution >= 0.6 is 11.6 Å². The molecular formula is C19H16ClN5O3. The van der Waals surface area contributed by atoms with Gasteiger partial charge in [-0.05, 0) is 25.1 Å². The van der Waals surface area contributed by atoms with Crippen LogP contribution in [0, 0.1) is 6.92 Å². The number of benzene rings is 1. The van der Waals surface area contributed by atoms with Crippen molar-refractivity contribution in [1.82, 2.24) is 24.7 Å². The molecule has 1 unspecified atom stereocenters. The van der Waals surface area contributed by atoms with E-state index in [1.807, 2.05) is 12.1 Å². The molecule has 28 heavy (non-hydrogen) atoms. The van der Waals surface area contributed by atoms with Crippen molar-refractivity contribution in [2.45, 2.75) is 19.1 Å². The first-order valence-corrected chi connectivity index (χ1v) is 9.23. The molecule has 0 radical (unpaired) electrons. The van der Waals surface area contributed by atoms with Crippen molar-refractivity contribution < 1.29 is 14.1 Å². The summed E-state index contributed by atoms with van der Waals surface area (Å²) in [4.78, 5) is 30.1. The van der Waals surface area contributed by atoms with E-state index in [1.165, 1.54) is 6.26 Å². The molecule has 8 nitrogen and oxygen atoms in total. The molecule has 2 aliphatic heterocycles. The van der Waals surface area contributed by atoms with Gasteiger partial charge in [-0.3, -0.25) is 14.3 Å². The molecule has 0 N–H and O–H groups in total. The van der Waals surface area contributed by atoms with Gasteiger partial charge in [0.1, 0.15) is 17.5 Å². The lowest BCUT2D eigenvalue weighted by atomic mass is 9.94. The van der Waals surface area contributed by atoms with Gasteiger partial charge in [0.25, 0.3) is 11.8 Å². The lowest BCUT2D eigenvalue weighted by Crippen LogP contribution is -2.60. The topological polar surface area (TPSA) is 84.5 Å². The third-order valence-electron chi connectivity index (χ3n) is 5.52. The SMILES string of the molecule is Cc1nocc1C(=O)N1CCN2C(=O)c3ccnn3CC12c1ccc(Cl)cc1. The first kappa shape index (κ1) is 17.0. The minimum absolute atomic E-state index is 0.156. The van der Waals surface area contributed by atoms with Gasteiger partial charge in [0.05, 0.1) is 12.2 Å². The Balaban J connectivity index is 1.70. The van der Waals surface area contributed by atoms with Gasteiger partial charge in [-0.25, -0.2) is 0 Å². The molecule has 2 amide bonds. The summed E-state index contributed by atoms with van der Waals surface area (Å²) in [5, 5.41) is 8.71. The van der Waals surface area contributed by atoms with Crippen LogP contribution in [-0.4, -0.2) is 49.6 Å². The zero-order valence-corrected chi connectivity index (χ0v) is 15.8. The number of carbonyl (C=O) groups is 2. The second-order valence-electron chi connectivity index (χ2n) is 6.92. The van der Waals surface area contributed by atoms with Crippen molar-refractivity contribution in [3.63, 3.8) is 0 Å². The van der Waals surface area contributed by atoms with Gasteiger partial charge in [-0.15, -0.1) is 0 Å². The van der Waals surface area contributed by atoms with Crippen LogP contribution in [0.1, 0.15) is 32.1 Å². The van der Waals surface area contributed by atoms with Gasteiger partial charge in [0.2, 0.25) is 0 Å². The first-order valence-electron chi connectivity index (χ1n) is 8.85. The Morgan fingerprint density at radius 1 is 1.21 bits per heavy atom. The standard InChI is InChI=1S/C19H16ClN5O3/c1-12-15(10-28-22-12)17(26)23-8-9-24-18(27)16-6-7-21-25(16)11-19(23,24)13-2-4-14(20)5-3-13/h2-7,10H,8-9,11H2,1H3. The van der Waals surface area contributed by atoms with Gasteiger partial charge >= 0.3 is 0 Å². The number of amides is 2. The van der Waals surface area contributed by atoms with Crippen LogP contribution in [0.4, 0.5) is 0 Å². The van der Waals surface area contributed by atoms with E-state index >= 15 is 0 Å². The molecular weight excluding hydrogens is 382 g/mol. The largest absolute Gasteiger partial charge is 0.364 e. The lowest BCUT2D eigenvalue weighted by molar-refractivity contribution is -0.00853. The summed E-state index contributed by atoms with van der Waals surface area (Å²) >= 11 is 6.09. The number of nitrogens with zero attached hydrogens (tertiary/aromatic N) is 5. The van der Waals surface area contributed by atoms with Crippen molar-refractivity contribution in [2.24, 2.45) is 0 Å². The fourth-order valence-corrected chi connectivity index (χ4v) is 4.30. The van der Waals surface area contributed by atoms with E-state index < -0.39 is 5.66 Å². The van der Waals surface area contributed by atoms with Crippen LogP contribution in [0.3, 0.4) is 0 Å². The van der Waals surface area contributed by atoms with Crippen LogP contribution in [0.2, 0.25) is 5.02 Å². The Bertz CT molecular complexity index is 1090. The molecule has 2 aliphatic rings. The van der Waals surface area contributed by atoms with Gasteiger partial charge < -0.3 is 14.3 Å². The van der Waals surface area contributed by atoms with E-state index in [2.05, 4.69) is 10.3 Å². The first-order chi connectivity index (χ1) is 13.5. The Morgan fingerprint density at radius 3 is 2.71 bits per heavy atom. The monoisotopic (exact) mass is 397 g/mol. The van der Waals surface area contributed by atoms with Crippen molar-refractivity contribution in [3.05, 3.63) is 70.3 Å². The molecule has 9 heteroatoms. The predicted molar refractivity (Wildman–Crippen MR) is 98.7 cm³/mol. The highest BCUT2D eigenvalue weighted by molar-refractivity contribution is 6.30. The Labute approximate surface area is 165 Å². The third kappa shape index (κ3) is 2.18. The lowest BCUT2D eigenvalue weighted by Gasteiger charge is -2.46. The zero-order valence-electron chi connectivity index (χ0n) is 15.0. The second kappa shape index (κ2) is 5.93. The highest BCUT2D eigenvalue weighted by Crippen LogP contribution is 2.43. The molecule has 0 spiro atoms. The quantitative estimate of drug-likeness (QED) is 0.662. The Morgan fingerprint density at radius 2 is 2.00 bits per heavy atom. The van der Waals surface area contributed by atoms with Crippen molar-refractivity contribution in [1.29, 1.82) is 0 Å². The highest BCUT2D eigenvalue weighted by Gasteiger charge is 2.56. The van der Waals surface area contributed by atoms with E-state index in [4.69, 9.17) is 16.1 Å². The molecule has 2 aromatic heterocycles. The summed E-state index contributed by atoms with van der Waals surface area (Å²) in [7, 11) is 0. The normalized spacial score (nSPS) is 21.0. The van der Waals surface area contributed by atoms with E-state index in [1.54, 1.807) is 45.8 Å². The summed E-state index contributed by atoms with van der Waals surface area (Å²) in [6.45, 7) is 2.86. The van der Waals surface area contributed by atoms with Gasteiger partial charge in [-0.1, -0.05) is 28.9 Å². The number of carbonyl (C=O) groups excluding carboxylic acids is 2. The fraction of sp³-hybridized carbons (Fsp3) is 0.263. The number of hydrogen-bond acceptors (Lipinski definition) is 5. The molecule has 4 heterocycles. The molecule has 0 aliphatic carbocycles. The molecule has 1 atom stereocenters. The Kier molecular flexibility index (Phi) is 3.60. The number of aryl methyl sites for hydroxylation is 1. The molecule has 5 rings (SSSR count). The maximum atomic E-state index is 13.4. The van der Waals surface area contributed by atoms with E-state index in [0.717, 1.165) is 5.56 Å². The van der Waals surface area contributed by atoms with Gasteiger partial charge in [-0.2, -0.15) is 5.10 Å². The molecule has 1 saturated heterocycles. The van der Waals surface area contributed by atoms with Gasteiger partial charge in [0, 0.05) is 29.9 Å². The van der Waals surface area contributed by atoms with Crippen LogP contribution in [0.25, 0.3) is 0 Å². The molecule has 1 fully saturated rings. The number of fused-ring (bicyclic) bond motifs is 2.